The number of anilines is 1. The number of furan rings is 1. The summed E-state index contributed by atoms with van der Waals surface area (Å²) in [5.74, 6) is 0.944. The maximum Gasteiger partial charge on any atom is 0.158 e. The zero-order valence-corrected chi connectivity index (χ0v) is 27.0. The Bertz CT molecular complexity index is 2610. The monoisotopic (exact) mass is 637 g/mol. The van der Waals surface area contributed by atoms with E-state index in [0.717, 1.165) is 46.6 Å². The molecule has 1 aliphatic heterocycles. The zero-order chi connectivity index (χ0) is 31.6. The molecule has 10 rings (SSSR count). The van der Waals surface area contributed by atoms with Crippen molar-refractivity contribution in [2.75, 3.05) is 11.4 Å². The molecule has 230 valence electrons. The molecule has 3 aromatic heterocycles. The smallest absolute Gasteiger partial charge is 0.158 e. The van der Waals surface area contributed by atoms with Crippen LogP contribution in [0.15, 0.2) is 150 Å². The van der Waals surface area contributed by atoms with Crippen LogP contribution in [0.3, 0.4) is 0 Å². The lowest BCUT2D eigenvalue weighted by Crippen LogP contribution is -2.22. The molecule has 4 heterocycles. The van der Waals surface area contributed by atoms with Crippen molar-refractivity contribution in [3.63, 3.8) is 0 Å². The van der Waals surface area contributed by atoms with Gasteiger partial charge >= 0.3 is 0 Å². The Balaban J connectivity index is 1.05. The van der Waals surface area contributed by atoms with Gasteiger partial charge in [-0.1, -0.05) is 84.9 Å². The third-order valence-corrected chi connectivity index (χ3v) is 11.1. The molecule has 0 amide bonds. The number of para-hydroxylation sites is 1. The van der Waals surface area contributed by atoms with Crippen molar-refractivity contribution in [3.05, 3.63) is 151 Å². The van der Waals surface area contributed by atoms with E-state index in [1.165, 1.54) is 54.4 Å². The van der Waals surface area contributed by atoms with E-state index in [2.05, 4.69) is 142 Å². The predicted octanol–water partition coefficient (Wildman–Crippen LogP) is 11.8. The summed E-state index contributed by atoms with van der Waals surface area (Å²) in [4.78, 5) is 7.23. The molecule has 9 aromatic rings. The van der Waals surface area contributed by atoms with Crippen LogP contribution >= 0.6 is 11.3 Å². The first kappa shape index (κ1) is 27.5. The topological polar surface area (TPSA) is 34.2 Å². The van der Waals surface area contributed by atoms with Gasteiger partial charge in [0.2, 0.25) is 0 Å². The maximum absolute atomic E-state index is 6.63. The minimum atomic E-state index is 0.368. The molecule has 0 aliphatic carbocycles. The van der Waals surface area contributed by atoms with Gasteiger partial charge in [0.05, 0.1) is 11.7 Å². The first-order chi connectivity index (χ1) is 23.8. The van der Waals surface area contributed by atoms with Gasteiger partial charge in [0.1, 0.15) is 11.4 Å². The lowest BCUT2D eigenvalue weighted by Gasteiger charge is -2.27. The van der Waals surface area contributed by atoms with Crippen LogP contribution < -0.4 is 4.90 Å². The van der Waals surface area contributed by atoms with E-state index in [9.17, 15) is 0 Å². The van der Waals surface area contributed by atoms with Crippen LogP contribution in [0.4, 0.5) is 5.69 Å². The van der Waals surface area contributed by atoms with Crippen molar-refractivity contribution in [3.8, 4) is 28.2 Å². The molecular formula is C43H31N3OS. The Labute approximate surface area is 282 Å². The molecule has 1 aliphatic rings. The number of nitrogens with zero attached hydrogens (tertiary/aromatic N) is 3. The first-order valence-corrected chi connectivity index (χ1v) is 17.4. The SMILES string of the molecule is c1ccc(-c2nccn2-c2ccc3sc4ccc(-c5ccc6oc7c(N8CCCC8c8ccccc8)cccc7c6c5)cc4c3c2)cc1. The average molecular weight is 638 g/mol. The van der Waals surface area contributed by atoms with Crippen molar-refractivity contribution >= 4 is 59.1 Å². The minimum Gasteiger partial charge on any atom is -0.454 e. The normalized spacial score (nSPS) is 15.0. The van der Waals surface area contributed by atoms with E-state index in [4.69, 9.17) is 4.42 Å². The molecule has 0 radical (unpaired) electrons. The number of thiophene rings is 1. The highest BCUT2D eigenvalue weighted by Gasteiger charge is 2.28. The van der Waals surface area contributed by atoms with Gasteiger partial charge in [-0.3, -0.25) is 4.57 Å². The van der Waals surface area contributed by atoms with Crippen LogP contribution in [-0.4, -0.2) is 16.1 Å². The molecule has 0 N–H and O–H groups in total. The summed E-state index contributed by atoms with van der Waals surface area (Å²) >= 11 is 1.85. The molecule has 6 aromatic carbocycles. The first-order valence-electron chi connectivity index (χ1n) is 16.6. The standard InChI is InChI=1S/C43H31N3OS/c1-3-9-28(10-4-1)37-15-8-23-46(37)38-14-7-13-33-34-25-30(16-19-39(34)47-42(33)38)31-17-20-40-35(26-31)36-27-32(18-21-41(36)48-40)45-24-22-44-43(45)29-11-5-2-6-12-29/h1-7,9-14,16-22,24-27,37H,8,15,23H2. The Hall–Kier alpha value is -5.65. The minimum absolute atomic E-state index is 0.368. The summed E-state index contributed by atoms with van der Waals surface area (Å²) in [6.45, 7) is 1.03. The van der Waals surface area contributed by atoms with E-state index in [1.54, 1.807) is 0 Å². The van der Waals surface area contributed by atoms with Crippen LogP contribution in [0.1, 0.15) is 24.4 Å². The Kier molecular flexibility index (Phi) is 6.27. The molecule has 0 saturated carbocycles. The van der Waals surface area contributed by atoms with Gasteiger partial charge in [0.25, 0.3) is 0 Å². The highest BCUT2D eigenvalue weighted by atomic mass is 32.1. The molecule has 0 bridgehead atoms. The molecular weight excluding hydrogens is 607 g/mol. The second kappa shape index (κ2) is 11.0. The molecule has 1 fully saturated rings. The van der Waals surface area contributed by atoms with Gasteiger partial charge in [-0.25, -0.2) is 4.98 Å². The lowest BCUT2D eigenvalue weighted by molar-refractivity contribution is 0.659. The van der Waals surface area contributed by atoms with Crippen molar-refractivity contribution in [2.45, 2.75) is 18.9 Å². The third kappa shape index (κ3) is 4.39. The fourth-order valence-corrected chi connectivity index (χ4v) is 8.74. The molecule has 5 heteroatoms. The summed E-state index contributed by atoms with van der Waals surface area (Å²) in [7, 11) is 0. The third-order valence-electron chi connectivity index (χ3n) is 9.96. The number of hydrogen-bond acceptors (Lipinski definition) is 4. The summed E-state index contributed by atoms with van der Waals surface area (Å²) in [5.41, 5.74) is 9.08. The molecule has 1 saturated heterocycles. The van der Waals surface area contributed by atoms with Gasteiger partial charge < -0.3 is 9.32 Å². The van der Waals surface area contributed by atoms with E-state index >= 15 is 0 Å². The van der Waals surface area contributed by atoms with Gasteiger partial charge in [-0.2, -0.15) is 0 Å². The summed E-state index contributed by atoms with van der Waals surface area (Å²) in [5, 5.41) is 4.87. The van der Waals surface area contributed by atoms with Crippen LogP contribution in [0.5, 0.6) is 0 Å². The fourth-order valence-electron chi connectivity index (χ4n) is 7.67. The summed E-state index contributed by atoms with van der Waals surface area (Å²) in [6.07, 6.45) is 6.26. The van der Waals surface area contributed by atoms with Gasteiger partial charge in [-0.15, -0.1) is 11.3 Å². The number of aromatic nitrogens is 2. The number of imidazole rings is 1. The van der Waals surface area contributed by atoms with Crippen molar-refractivity contribution in [1.82, 2.24) is 9.55 Å². The number of fused-ring (bicyclic) bond motifs is 6. The molecule has 1 unspecified atom stereocenters. The quantitative estimate of drug-likeness (QED) is 0.188. The average Bonchev–Trinajstić information content (AvgIpc) is 3.96. The maximum atomic E-state index is 6.63. The molecule has 1 atom stereocenters. The van der Waals surface area contributed by atoms with Crippen molar-refractivity contribution < 1.29 is 4.42 Å². The molecule has 48 heavy (non-hydrogen) atoms. The second-order valence-corrected chi connectivity index (χ2v) is 13.8. The zero-order valence-electron chi connectivity index (χ0n) is 26.2. The van der Waals surface area contributed by atoms with E-state index < -0.39 is 0 Å². The number of hydrogen-bond donors (Lipinski definition) is 0. The van der Waals surface area contributed by atoms with E-state index in [1.807, 2.05) is 29.8 Å². The van der Waals surface area contributed by atoms with Gasteiger partial charge in [0.15, 0.2) is 5.58 Å². The number of benzene rings is 6. The van der Waals surface area contributed by atoms with Gasteiger partial charge in [-0.05, 0) is 78.1 Å². The highest BCUT2D eigenvalue weighted by Crippen LogP contribution is 2.43. The van der Waals surface area contributed by atoms with Crippen LogP contribution in [-0.2, 0) is 0 Å². The van der Waals surface area contributed by atoms with Crippen LogP contribution in [0, 0.1) is 0 Å². The Morgan fingerprint density at radius 1 is 0.646 bits per heavy atom. The highest BCUT2D eigenvalue weighted by molar-refractivity contribution is 7.25. The van der Waals surface area contributed by atoms with Crippen molar-refractivity contribution in [2.24, 2.45) is 0 Å². The van der Waals surface area contributed by atoms with E-state index in [-0.39, 0.29) is 0 Å². The van der Waals surface area contributed by atoms with E-state index in [0.29, 0.717) is 6.04 Å². The Morgan fingerprint density at radius 2 is 1.40 bits per heavy atom. The van der Waals surface area contributed by atoms with Crippen LogP contribution in [0.2, 0.25) is 0 Å². The largest absolute Gasteiger partial charge is 0.454 e. The molecule has 0 spiro atoms. The lowest BCUT2D eigenvalue weighted by atomic mass is 10.0. The summed E-state index contributed by atoms with van der Waals surface area (Å²) < 4.78 is 11.4. The Morgan fingerprint density at radius 3 is 2.25 bits per heavy atom. The number of rotatable bonds is 5. The van der Waals surface area contributed by atoms with Crippen LogP contribution in [0.25, 0.3) is 70.3 Å². The predicted molar refractivity (Wildman–Crippen MR) is 200 cm³/mol. The van der Waals surface area contributed by atoms with Gasteiger partial charge in [0, 0.05) is 61.1 Å². The molecule has 4 nitrogen and oxygen atoms in total. The second-order valence-electron chi connectivity index (χ2n) is 12.7. The van der Waals surface area contributed by atoms with Crippen molar-refractivity contribution in [1.29, 1.82) is 0 Å². The summed E-state index contributed by atoms with van der Waals surface area (Å²) in [6, 6.07) is 48.5. The fraction of sp³-hybridized carbons (Fsp3) is 0.0930.